The SMILES string of the molecule is O=C(NCc1ccc(Br)cc1OC(F)(F)F)c1cc(=O)n(CCN2CCOCC2)c(=O)[nH]1. The molecule has 1 aliphatic heterocycles. The molecular weight excluding hydrogens is 501 g/mol. The van der Waals surface area contributed by atoms with Gasteiger partial charge in [0.1, 0.15) is 11.4 Å². The molecule has 3 rings (SSSR count). The summed E-state index contributed by atoms with van der Waals surface area (Å²) in [5.74, 6) is -1.31. The number of nitrogens with one attached hydrogen (secondary N) is 2. The zero-order valence-corrected chi connectivity index (χ0v) is 18.3. The van der Waals surface area contributed by atoms with Gasteiger partial charge in [-0.3, -0.25) is 19.1 Å². The van der Waals surface area contributed by atoms with Crippen LogP contribution < -0.4 is 21.3 Å². The van der Waals surface area contributed by atoms with Crippen LogP contribution >= 0.6 is 15.9 Å². The van der Waals surface area contributed by atoms with Gasteiger partial charge in [0.2, 0.25) is 0 Å². The molecule has 0 bridgehead atoms. The van der Waals surface area contributed by atoms with Crippen molar-refractivity contribution in [2.75, 3.05) is 32.8 Å². The van der Waals surface area contributed by atoms with E-state index < -0.39 is 29.3 Å². The molecule has 0 spiro atoms. The number of aromatic nitrogens is 2. The van der Waals surface area contributed by atoms with Crippen LogP contribution in [0.4, 0.5) is 13.2 Å². The lowest BCUT2D eigenvalue weighted by Gasteiger charge is -2.26. The first-order valence-electron chi connectivity index (χ1n) is 9.59. The number of hydrogen-bond donors (Lipinski definition) is 2. The van der Waals surface area contributed by atoms with Crippen molar-refractivity contribution in [3.8, 4) is 5.75 Å². The molecule has 0 unspecified atom stereocenters. The van der Waals surface area contributed by atoms with E-state index in [1.807, 2.05) is 0 Å². The third kappa shape index (κ3) is 6.68. The molecule has 9 nitrogen and oxygen atoms in total. The summed E-state index contributed by atoms with van der Waals surface area (Å²) < 4.78 is 48.4. The molecule has 2 aromatic rings. The number of aromatic amines is 1. The number of hydrogen-bond acceptors (Lipinski definition) is 6. The maximum Gasteiger partial charge on any atom is 0.573 e. The Labute approximate surface area is 188 Å². The van der Waals surface area contributed by atoms with Gasteiger partial charge in [0.15, 0.2) is 0 Å². The van der Waals surface area contributed by atoms with Gasteiger partial charge in [-0.25, -0.2) is 4.79 Å². The first-order chi connectivity index (χ1) is 15.1. The van der Waals surface area contributed by atoms with E-state index in [2.05, 4.69) is 35.9 Å². The number of ether oxygens (including phenoxy) is 2. The molecule has 0 atom stereocenters. The molecule has 0 radical (unpaired) electrons. The molecule has 1 aromatic carbocycles. The van der Waals surface area contributed by atoms with Crippen LogP contribution in [0.25, 0.3) is 0 Å². The van der Waals surface area contributed by atoms with Crippen molar-refractivity contribution in [1.29, 1.82) is 0 Å². The quantitative estimate of drug-likeness (QED) is 0.572. The number of H-pyrrole nitrogens is 1. The lowest BCUT2D eigenvalue weighted by Crippen LogP contribution is -2.43. The van der Waals surface area contributed by atoms with E-state index in [1.165, 1.54) is 12.1 Å². The fourth-order valence-corrected chi connectivity index (χ4v) is 3.43. The third-order valence-electron chi connectivity index (χ3n) is 4.70. The van der Waals surface area contributed by atoms with Crippen LogP contribution in [-0.2, 0) is 17.8 Å². The van der Waals surface area contributed by atoms with Crippen molar-refractivity contribution in [1.82, 2.24) is 19.8 Å². The zero-order valence-electron chi connectivity index (χ0n) is 16.7. The molecule has 0 saturated carbocycles. The minimum Gasteiger partial charge on any atom is -0.405 e. The third-order valence-corrected chi connectivity index (χ3v) is 5.20. The van der Waals surface area contributed by atoms with Crippen LogP contribution in [-0.4, -0.2) is 59.6 Å². The fourth-order valence-electron chi connectivity index (χ4n) is 3.09. The van der Waals surface area contributed by atoms with Gasteiger partial charge in [0.25, 0.3) is 11.5 Å². The summed E-state index contributed by atoms with van der Waals surface area (Å²) in [6.45, 7) is 2.86. The van der Waals surface area contributed by atoms with Gasteiger partial charge < -0.3 is 19.8 Å². The van der Waals surface area contributed by atoms with E-state index in [4.69, 9.17) is 4.74 Å². The number of rotatable bonds is 7. The Hall–Kier alpha value is -2.64. The van der Waals surface area contributed by atoms with Crippen LogP contribution in [0.2, 0.25) is 0 Å². The van der Waals surface area contributed by atoms with E-state index in [1.54, 1.807) is 0 Å². The zero-order chi connectivity index (χ0) is 23.3. The van der Waals surface area contributed by atoms with Crippen molar-refractivity contribution in [3.63, 3.8) is 0 Å². The van der Waals surface area contributed by atoms with Gasteiger partial charge in [0, 0.05) is 48.8 Å². The van der Waals surface area contributed by atoms with Crippen molar-refractivity contribution in [2.24, 2.45) is 0 Å². The fraction of sp³-hybridized carbons (Fsp3) is 0.421. The van der Waals surface area contributed by atoms with E-state index >= 15 is 0 Å². The molecule has 1 aromatic heterocycles. The number of benzene rings is 1. The highest BCUT2D eigenvalue weighted by atomic mass is 79.9. The Kier molecular flexibility index (Phi) is 7.74. The second kappa shape index (κ2) is 10.3. The summed E-state index contributed by atoms with van der Waals surface area (Å²) in [4.78, 5) is 41.4. The average molecular weight is 521 g/mol. The summed E-state index contributed by atoms with van der Waals surface area (Å²) in [6.07, 6.45) is -4.91. The second-order valence-corrected chi connectivity index (χ2v) is 7.83. The molecule has 2 heterocycles. The largest absolute Gasteiger partial charge is 0.573 e. The van der Waals surface area contributed by atoms with E-state index in [-0.39, 0.29) is 24.3 Å². The van der Waals surface area contributed by atoms with Gasteiger partial charge in [0.05, 0.1) is 13.2 Å². The normalized spacial score (nSPS) is 14.9. The topological polar surface area (TPSA) is 106 Å². The summed E-state index contributed by atoms with van der Waals surface area (Å²) in [5, 5.41) is 2.38. The van der Waals surface area contributed by atoms with Crippen molar-refractivity contribution < 1.29 is 27.4 Å². The Balaban J connectivity index is 1.67. The highest BCUT2D eigenvalue weighted by molar-refractivity contribution is 9.10. The molecule has 1 fully saturated rings. The second-order valence-electron chi connectivity index (χ2n) is 6.91. The summed E-state index contributed by atoms with van der Waals surface area (Å²) >= 11 is 3.06. The molecule has 1 aliphatic rings. The Morgan fingerprint density at radius 3 is 2.56 bits per heavy atom. The monoisotopic (exact) mass is 520 g/mol. The Morgan fingerprint density at radius 1 is 1.19 bits per heavy atom. The average Bonchev–Trinajstić information content (AvgIpc) is 2.72. The Morgan fingerprint density at radius 2 is 1.91 bits per heavy atom. The molecule has 2 N–H and O–H groups in total. The van der Waals surface area contributed by atoms with Crippen LogP contribution in [0.1, 0.15) is 16.1 Å². The summed E-state index contributed by atoms with van der Waals surface area (Å²) in [6, 6.07) is 4.93. The summed E-state index contributed by atoms with van der Waals surface area (Å²) in [5.41, 5.74) is -1.64. The van der Waals surface area contributed by atoms with Gasteiger partial charge in [-0.15, -0.1) is 13.2 Å². The smallest absolute Gasteiger partial charge is 0.405 e. The van der Waals surface area contributed by atoms with Gasteiger partial charge in [-0.2, -0.15) is 0 Å². The highest BCUT2D eigenvalue weighted by Crippen LogP contribution is 2.29. The molecule has 32 heavy (non-hydrogen) atoms. The highest BCUT2D eigenvalue weighted by Gasteiger charge is 2.32. The van der Waals surface area contributed by atoms with Gasteiger partial charge in [-0.1, -0.05) is 22.0 Å². The Bertz CT molecular complexity index is 1050. The first-order valence-corrected chi connectivity index (χ1v) is 10.4. The van der Waals surface area contributed by atoms with Crippen LogP contribution in [0.15, 0.2) is 38.3 Å². The van der Waals surface area contributed by atoms with Crippen LogP contribution in [0.5, 0.6) is 5.75 Å². The van der Waals surface area contributed by atoms with E-state index in [0.29, 0.717) is 37.3 Å². The molecule has 0 aliphatic carbocycles. The van der Waals surface area contributed by atoms with Gasteiger partial charge in [-0.05, 0) is 12.1 Å². The van der Waals surface area contributed by atoms with Gasteiger partial charge >= 0.3 is 12.1 Å². The molecular formula is C19H20BrF3N4O5. The number of carbonyl (C=O) groups excluding carboxylic acids is 1. The number of morpholine rings is 1. The van der Waals surface area contributed by atoms with Crippen molar-refractivity contribution >= 4 is 21.8 Å². The predicted molar refractivity (Wildman–Crippen MR) is 111 cm³/mol. The first kappa shape index (κ1) is 24.0. The standard InChI is InChI=1S/C19H20BrF3N4O5/c20-13-2-1-12(15(9-13)32-19(21,22)23)11-24-17(29)14-10-16(28)27(18(30)25-14)4-3-26-5-7-31-8-6-26/h1-2,9-10H,3-8,11H2,(H,24,29)(H,25,30). The maximum atomic E-state index is 12.6. The summed E-state index contributed by atoms with van der Waals surface area (Å²) in [7, 11) is 0. The number of alkyl halides is 3. The maximum absolute atomic E-state index is 12.6. The van der Waals surface area contributed by atoms with Crippen molar-refractivity contribution in [2.45, 2.75) is 19.5 Å². The number of halogens is 4. The molecule has 1 amide bonds. The molecule has 1 saturated heterocycles. The van der Waals surface area contributed by atoms with Crippen LogP contribution in [0.3, 0.4) is 0 Å². The van der Waals surface area contributed by atoms with E-state index in [9.17, 15) is 27.6 Å². The number of nitrogens with zero attached hydrogens (tertiary/aromatic N) is 2. The number of carbonyl (C=O) groups is 1. The minimum atomic E-state index is -4.91. The molecule has 174 valence electrons. The minimum absolute atomic E-state index is 0.0556. The van der Waals surface area contributed by atoms with E-state index in [0.717, 1.165) is 16.7 Å². The lowest BCUT2D eigenvalue weighted by atomic mass is 10.2. The number of amides is 1. The predicted octanol–water partition coefficient (Wildman–Crippen LogP) is 1.46. The van der Waals surface area contributed by atoms with Crippen LogP contribution in [0, 0.1) is 0 Å². The lowest BCUT2D eigenvalue weighted by molar-refractivity contribution is -0.274. The molecule has 13 heteroatoms. The van der Waals surface area contributed by atoms with Crippen molar-refractivity contribution in [3.05, 3.63) is 60.8 Å².